The van der Waals surface area contributed by atoms with Gasteiger partial charge in [-0.05, 0) is 24.1 Å². The molecule has 2 aromatic carbocycles. The van der Waals surface area contributed by atoms with Crippen LogP contribution in [0.25, 0.3) is 0 Å². The zero-order valence-electron chi connectivity index (χ0n) is 14.1. The van der Waals surface area contributed by atoms with Crippen LogP contribution in [0.1, 0.15) is 24.9 Å². The summed E-state index contributed by atoms with van der Waals surface area (Å²) >= 11 is 0. The van der Waals surface area contributed by atoms with E-state index in [1.165, 1.54) is 18.2 Å². The molecular formula is C18H21FN2O3S. The number of amides is 1. The molecule has 2 aromatic rings. The van der Waals surface area contributed by atoms with E-state index in [9.17, 15) is 17.6 Å². The molecule has 0 spiro atoms. The van der Waals surface area contributed by atoms with E-state index in [-0.39, 0.29) is 11.7 Å². The van der Waals surface area contributed by atoms with E-state index in [2.05, 4.69) is 5.32 Å². The largest absolute Gasteiger partial charge is 0.348 e. The minimum absolute atomic E-state index is 0.145. The van der Waals surface area contributed by atoms with E-state index < -0.39 is 28.3 Å². The van der Waals surface area contributed by atoms with Gasteiger partial charge in [-0.1, -0.05) is 49.4 Å². The summed E-state index contributed by atoms with van der Waals surface area (Å²) < 4.78 is 38.8. The lowest BCUT2D eigenvalue weighted by Gasteiger charge is -2.24. The van der Waals surface area contributed by atoms with Crippen LogP contribution in [-0.2, 0) is 14.8 Å². The maximum absolute atomic E-state index is 14.0. The van der Waals surface area contributed by atoms with E-state index in [1.54, 1.807) is 0 Å². The van der Waals surface area contributed by atoms with Gasteiger partial charge in [-0.15, -0.1) is 0 Å². The Morgan fingerprint density at radius 1 is 1.12 bits per heavy atom. The number of hydrogen-bond acceptors (Lipinski definition) is 3. The fourth-order valence-electron chi connectivity index (χ4n) is 2.51. The van der Waals surface area contributed by atoms with Gasteiger partial charge >= 0.3 is 0 Å². The van der Waals surface area contributed by atoms with Crippen molar-refractivity contribution in [3.8, 4) is 0 Å². The van der Waals surface area contributed by atoms with Gasteiger partial charge < -0.3 is 5.32 Å². The third kappa shape index (κ3) is 5.03. The summed E-state index contributed by atoms with van der Waals surface area (Å²) in [5.41, 5.74) is 0.781. The van der Waals surface area contributed by atoms with Crippen molar-refractivity contribution in [2.45, 2.75) is 19.4 Å². The highest BCUT2D eigenvalue weighted by molar-refractivity contribution is 7.92. The van der Waals surface area contributed by atoms with Crippen LogP contribution >= 0.6 is 0 Å². The van der Waals surface area contributed by atoms with Crippen molar-refractivity contribution in [1.82, 2.24) is 5.32 Å². The van der Waals surface area contributed by atoms with E-state index in [0.29, 0.717) is 6.42 Å². The molecule has 0 aliphatic rings. The molecule has 5 nitrogen and oxygen atoms in total. The van der Waals surface area contributed by atoms with Crippen molar-refractivity contribution in [2.24, 2.45) is 0 Å². The number of anilines is 1. The molecule has 0 saturated carbocycles. The summed E-state index contributed by atoms with van der Waals surface area (Å²) in [7, 11) is -3.81. The highest BCUT2D eigenvalue weighted by Crippen LogP contribution is 2.21. The standard InChI is InChI=1S/C18H21FN2O3S/c1-3-16(14-9-5-4-6-10-14)20-18(22)13-21(25(2,23)24)17-12-8-7-11-15(17)19/h4-12,16H,3,13H2,1-2H3,(H,20,22). The summed E-state index contributed by atoms with van der Waals surface area (Å²) in [6, 6.07) is 14.6. The van der Waals surface area contributed by atoms with E-state index in [1.807, 2.05) is 37.3 Å². The molecule has 25 heavy (non-hydrogen) atoms. The van der Waals surface area contributed by atoms with Crippen LogP contribution in [-0.4, -0.2) is 27.1 Å². The first kappa shape index (κ1) is 18.9. The Hall–Kier alpha value is -2.41. The molecule has 1 atom stereocenters. The first-order valence-electron chi connectivity index (χ1n) is 7.89. The summed E-state index contributed by atoms with van der Waals surface area (Å²) in [6.07, 6.45) is 1.59. The Morgan fingerprint density at radius 2 is 1.72 bits per heavy atom. The van der Waals surface area contributed by atoms with Crippen molar-refractivity contribution >= 4 is 21.6 Å². The second-order valence-electron chi connectivity index (χ2n) is 5.66. The fourth-order valence-corrected chi connectivity index (χ4v) is 3.37. The zero-order chi connectivity index (χ0) is 18.4. The molecule has 7 heteroatoms. The first-order valence-corrected chi connectivity index (χ1v) is 9.74. The third-order valence-electron chi connectivity index (χ3n) is 3.75. The SMILES string of the molecule is CCC(NC(=O)CN(c1ccccc1F)S(C)(=O)=O)c1ccccc1. The summed E-state index contributed by atoms with van der Waals surface area (Å²) in [5, 5.41) is 2.81. The van der Waals surface area contributed by atoms with Gasteiger partial charge in [-0.25, -0.2) is 12.8 Å². The average molecular weight is 364 g/mol. The van der Waals surface area contributed by atoms with Crippen LogP contribution in [0.3, 0.4) is 0 Å². The van der Waals surface area contributed by atoms with Gasteiger partial charge in [0, 0.05) is 0 Å². The highest BCUT2D eigenvalue weighted by Gasteiger charge is 2.24. The van der Waals surface area contributed by atoms with Gasteiger partial charge in [0.05, 0.1) is 18.0 Å². The number of nitrogens with one attached hydrogen (secondary N) is 1. The van der Waals surface area contributed by atoms with E-state index >= 15 is 0 Å². The molecule has 0 saturated heterocycles. The summed E-state index contributed by atoms with van der Waals surface area (Å²) in [6.45, 7) is 1.44. The molecule has 0 heterocycles. The lowest BCUT2D eigenvalue weighted by Crippen LogP contribution is -2.41. The number of carbonyl (C=O) groups excluding carboxylic acids is 1. The van der Waals surface area contributed by atoms with Crippen molar-refractivity contribution in [2.75, 3.05) is 17.1 Å². The maximum Gasteiger partial charge on any atom is 0.241 e. The van der Waals surface area contributed by atoms with E-state index in [0.717, 1.165) is 22.2 Å². The van der Waals surface area contributed by atoms with Crippen molar-refractivity contribution in [1.29, 1.82) is 0 Å². The van der Waals surface area contributed by atoms with Gasteiger partial charge in [0.2, 0.25) is 15.9 Å². The van der Waals surface area contributed by atoms with E-state index in [4.69, 9.17) is 0 Å². The zero-order valence-corrected chi connectivity index (χ0v) is 15.0. The molecule has 1 N–H and O–H groups in total. The minimum Gasteiger partial charge on any atom is -0.348 e. The molecule has 0 aliphatic carbocycles. The molecule has 1 unspecified atom stereocenters. The number of nitrogens with zero attached hydrogens (tertiary/aromatic N) is 1. The Kier molecular flexibility index (Phi) is 6.14. The normalized spacial score (nSPS) is 12.4. The second-order valence-corrected chi connectivity index (χ2v) is 7.57. The van der Waals surface area contributed by atoms with Crippen LogP contribution in [0, 0.1) is 5.82 Å². The second kappa shape index (κ2) is 8.11. The summed E-state index contributed by atoms with van der Waals surface area (Å²) in [5.74, 6) is -1.19. The summed E-state index contributed by atoms with van der Waals surface area (Å²) in [4.78, 5) is 12.4. The van der Waals surface area contributed by atoms with Crippen LogP contribution < -0.4 is 9.62 Å². The van der Waals surface area contributed by atoms with Gasteiger partial charge in [0.25, 0.3) is 0 Å². The Bertz CT molecular complexity index is 825. The Balaban J connectivity index is 2.19. The molecule has 0 aromatic heterocycles. The van der Waals surface area contributed by atoms with Crippen molar-refractivity contribution in [3.05, 3.63) is 66.0 Å². The molecule has 0 bridgehead atoms. The van der Waals surface area contributed by atoms with Crippen LogP contribution in [0.4, 0.5) is 10.1 Å². The molecule has 0 aliphatic heterocycles. The smallest absolute Gasteiger partial charge is 0.241 e. The van der Waals surface area contributed by atoms with Crippen LogP contribution in [0.5, 0.6) is 0 Å². The highest BCUT2D eigenvalue weighted by atomic mass is 32.2. The number of carbonyl (C=O) groups is 1. The predicted octanol–water partition coefficient (Wildman–Crippen LogP) is 2.86. The number of sulfonamides is 1. The Labute approximate surface area is 147 Å². The average Bonchev–Trinajstić information content (AvgIpc) is 2.58. The Morgan fingerprint density at radius 3 is 2.28 bits per heavy atom. The predicted molar refractivity (Wildman–Crippen MR) is 96.2 cm³/mol. The quantitative estimate of drug-likeness (QED) is 0.821. The third-order valence-corrected chi connectivity index (χ3v) is 4.88. The van der Waals surface area contributed by atoms with Crippen molar-refractivity contribution < 1.29 is 17.6 Å². The number of benzene rings is 2. The maximum atomic E-state index is 14.0. The number of para-hydroxylation sites is 1. The molecule has 0 fully saturated rings. The van der Waals surface area contributed by atoms with Gasteiger partial charge in [0.15, 0.2) is 0 Å². The number of hydrogen-bond donors (Lipinski definition) is 1. The van der Waals surface area contributed by atoms with Gasteiger partial charge in [-0.3, -0.25) is 9.10 Å². The van der Waals surface area contributed by atoms with Crippen molar-refractivity contribution in [3.63, 3.8) is 0 Å². The monoisotopic (exact) mass is 364 g/mol. The lowest BCUT2D eigenvalue weighted by molar-refractivity contribution is -0.120. The molecule has 2 rings (SSSR count). The minimum atomic E-state index is -3.81. The first-order chi connectivity index (χ1) is 11.8. The lowest BCUT2D eigenvalue weighted by atomic mass is 10.0. The topological polar surface area (TPSA) is 66.5 Å². The van der Waals surface area contributed by atoms with Crippen LogP contribution in [0.2, 0.25) is 0 Å². The van der Waals surface area contributed by atoms with Gasteiger partial charge in [-0.2, -0.15) is 0 Å². The number of halogens is 1. The number of rotatable bonds is 7. The molecule has 0 radical (unpaired) electrons. The molecule has 1 amide bonds. The molecule has 134 valence electrons. The van der Waals surface area contributed by atoms with Crippen LogP contribution in [0.15, 0.2) is 54.6 Å². The molecular weight excluding hydrogens is 343 g/mol. The fraction of sp³-hybridized carbons (Fsp3) is 0.278. The van der Waals surface area contributed by atoms with Gasteiger partial charge in [0.1, 0.15) is 12.4 Å².